The minimum absolute atomic E-state index is 0.366. The molecule has 2 aromatic heterocycles. The maximum Gasteiger partial charge on any atom is 0.364 e. The molecule has 2 heterocycles. The molecule has 0 fully saturated rings. The normalized spacial score (nSPS) is 10.9. The quantitative estimate of drug-likeness (QED) is 0.679. The highest BCUT2D eigenvalue weighted by atomic mass is 16.5. The number of fused-ring (bicyclic) bond motifs is 1. The summed E-state index contributed by atoms with van der Waals surface area (Å²) in [7, 11) is 0. The summed E-state index contributed by atoms with van der Waals surface area (Å²) in [6.45, 7) is 4.35. The number of aromatic amines is 1. The molecule has 7 heteroatoms. The van der Waals surface area contributed by atoms with E-state index in [2.05, 4.69) is 27.5 Å². The first kappa shape index (κ1) is 11.6. The van der Waals surface area contributed by atoms with E-state index in [1.807, 2.05) is 0 Å². The Labute approximate surface area is 97.8 Å². The molecule has 0 aliphatic carbocycles. The Bertz CT molecular complexity index is 533. The van der Waals surface area contributed by atoms with Crippen LogP contribution < -0.4 is 15.7 Å². The van der Waals surface area contributed by atoms with E-state index in [0.29, 0.717) is 18.1 Å². The Kier molecular flexibility index (Phi) is 3.71. The third kappa shape index (κ3) is 2.82. The predicted octanol–water partition coefficient (Wildman–Crippen LogP) is -0.204. The van der Waals surface area contributed by atoms with Gasteiger partial charge in [0.2, 0.25) is 5.88 Å². The van der Waals surface area contributed by atoms with Gasteiger partial charge in [0, 0.05) is 12.6 Å². The molecule has 0 saturated carbocycles. The molecule has 0 aliphatic heterocycles. The lowest BCUT2D eigenvalue weighted by atomic mass is 10.5. The number of H-pyrrole nitrogens is 1. The molecule has 2 rings (SSSR count). The van der Waals surface area contributed by atoms with E-state index >= 15 is 0 Å². The van der Waals surface area contributed by atoms with Crippen molar-refractivity contribution < 1.29 is 4.74 Å². The SMILES string of the molecule is CCCNCCOc1ccc2n[nH]c(=O)n2n1. The minimum Gasteiger partial charge on any atom is -0.475 e. The van der Waals surface area contributed by atoms with Gasteiger partial charge >= 0.3 is 5.69 Å². The molecule has 92 valence electrons. The summed E-state index contributed by atoms with van der Waals surface area (Å²) in [6.07, 6.45) is 1.09. The van der Waals surface area contributed by atoms with E-state index in [0.717, 1.165) is 19.5 Å². The summed E-state index contributed by atoms with van der Waals surface area (Å²) in [6, 6.07) is 3.37. The summed E-state index contributed by atoms with van der Waals surface area (Å²) >= 11 is 0. The van der Waals surface area contributed by atoms with Crippen molar-refractivity contribution in [3.05, 3.63) is 22.6 Å². The maximum atomic E-state index is 11.3. The minimum atomic E-state index is -0.366. The zero-order chi connectivity index (χ0) is 12.1. The number of aromatic nitrogens is 4. The van der Waals surface area contributed by atoms with Crippen LogP contribution in [-0.4, -0.2) is 39.5 Å². The standard InChI is InChI=1S/C10H15N5O2/c1-2-5-11-6-7-17-9-4-3-8-12-13-10(16)15(8)14-9/h3-4,11H,2,5-7H2,1H3,(H,13,16). The largest absolute Gasteiger partial charge is 0.475 e. The van der Waals surface area contributed by atoms with E-state index < -0.39 is 0 Å². The highest BCUT2D eigenvalue weighted by molar-refractivity contribution is 5.35. The monoisotopic (exact) mass is 237 g/mol. The topological polar surface area (TPSA) is 84.3 Å². The summed E-state index contributed by atoms with van der Waals surface area (Å²) in [4.78, 5) is 11.3. The van der Waals surface area contributed by atoms with Gasteiger partial charge in [0.15, 0.2) is 5.65 Å². The molecular formula is C10H15N5O2. The predicted molar refractivity (Wildman–Crippen MR) is 62.3 cm³/mol. The smallest absolute Gasteiger partial charge is 0.364 e. The molecule has 0 amide bonds. The fourth-order valence-corrected chi connectivity index (χ4v) is 1.39. The van der Waals surface area contributed by atoms with Crippen LogP contribution in [0.3, 0.4) is 0 Å². The number of ether oxygens (including phenoxy) is 1. The molecule has 0 radical (unpaired) electrons. The van der Waals surface area contributed by atoms with Crippen molar-refractivity contribution in [2.24, 2.45) is 0 Å². The molecular weight excluding hydrogens is 222 g/mol. The van der Waals surface area contributed by atoms with Crippen molar-refractivity contribution in [2.75, 3.05) is 19.7 Å². The fourth-order valence-electron chi connectivity index (χ4n) is 1.39. The third-order valence-electron chi connectivity index (χ3n) is 2.20. The average Bonchev–Trinajstić information content (AvgIpc) is 2.71. The van der Waals surface area contributed by atoms with Gasteiger partial charge in [-0.15, -0.1) is 5.10 Å². The Morgan fingerprint density at radius 1 is 1.47 bits per heavy atom. The molecule has 0 aliphatic rings. The second-order valence-corrected chi connectivity index (χ2v) is 3.57. The van der Waals surface area contributed by atoms with Gasteiger partial charge in [-0.3, -0.25) is 0 Å². The molecule has 2 aromatic rings. The van der Waals surface area contributed by atoms with Gasteiger partial charge in [0.1, 0.15) is 6.61 Å². The van der Waals surface area contributed by atoms with Crippen LogP contribution in [-0.2, 0) is 0 Å². The Morgan fingerprint density at radius 2 is 2.35 bits per heavy atom. The van der Waals surface area contributed by atoms with Crippen LogP contribution in [0.15, 0.2) is 16.9 Å². The molecule has 0 atom stereocenters. The van der Waals surface area contributed by atoms with Crippen LogP contribution in [0, 0.1) is 0 Å². The third-order valence-corrected chi connectivity index (χ3v) is 2.20. The molecule has 0 spiro atoms. The molecule has 2 N–H and O–H groups in total. The fraction of sp³-hybridized carbons (Fsp3) is 0.500. The number of rotatable bonds is 6. The lowest BCUT2D eigenvalue weighted by Crippen LogP contribution is -2.22. The second kappa shape index (κ2) is 5.44. The molecule has 0 saturated heterocycles. The van der Waals surface area contributed by atoms with Crippen LogP contribution >= 0.6 is 0 Å². The van der Waals surface area contributed by atoms with Gasteiger partial charge in [-0.05, 0) is 19.0 Å². The van der Waals surface area contributed by atoms with Crippen molar-refractivity contribution in [3.63, 3.8) is 0 Å². The highest BCUT2D eigenvalue weighted by Crippen LogP contribution is 2.04. The number of hydrogen-bond donors (Lipinski definition) is 2. The van der Waals surface area contributed by atoms with E-state index in [1.54, 1.807) is 12.1 Å². The highest BCUT2D eigenvalue weighted by Gasteiger charge is 2.02. The van der Waals surface area contributed by atoms with Crippen molar-refractivity contribution >= 4 is 5.65 Å². The first-order valence-electron chi connectivity index (χ1n) is 5.59. The van der Waals surface area contributed by atoms with Gasteiger partial charge in [0.05, 0.1) is 0 Å². The average molecular weight is 237 g/mol. The molecule has 0 unspecified atom stereocenters. The number of nitrogens with one attached hydrogen (secondary N) is 2. The van der Waals surface area contributed by atoms with E-state index in [1.165, 1.54) is 4.52 Å². The first-order chi connectivity index (χ1) is 8.31. The zero-order valence-electron chi connectivity index (χ0n) is 9.64. The molecule has 7 nitrogen and oxygen atoms in total. The molecule has 0 aromatic carbocycles. The Morgan fingerprint density at radius 3 is 3.18 bits per heavy atom. The molecule has 17 heavy (non-hydrogen) atoms. The summed E-state index contributed by atoms with van der Waals surface area (Å²) in [5.74, 6) is 0.416. The summed E-state index contributed by atoms with van der Waals surface area (Å²) in [5, 5.41) is 13.3. The van der Waals surface area contributed by atoms with E-state index in [4.69, 9.17) is 4.74 Å². The van der Waals surface area contributed by atoms with Gasteiger partial charge in [0.25, 0.3) is 0 Å². The van der Waals surface area contributed by atoms with Crippen LogP contribution in [0.2, 0.25) is 0 Å². The van der Waals surface area contributed by atoms with Crippen LogP contribution in [0.25, 0.3) is 5.65 Å². The Hall–Kier alpha value is -1.89. The summed E-state index contributed by atoms with van der Waals surface area (Å²) in [5.41, 5.74) is 0.112. The number of hydrogen-bond acceptors (Lipinski definition) is 5. The van der Waals surface area contributed by atoms with Gasteiger partial charge in [-0.1, -0.05) is 6.92 Å². The molecule has 0 bridgehead atoms. The first-order valence-corrected chi connectivity index (χ1v) is 5.59. The Balaban J connectivity index is 1.94. The van der Waals surface area contributed by atoms with Crippen molar-refractivity contribution in [1.29, 1.82) is 0 Å². The summed E-state index contributed by atoms with van der Waals surface area (Å²) < 4.78 is 6.59. The maximum absolute atomic E-state index is 11.3. The van der Waals surface area contributed by atoms with Crippen molar-refractivity contribution in [2.45, 2.75) is 13.3 Å². The van der Waals surface area contributed by atoms with Crippen LogP contribution in [0.5, 0.6) is 5.88 Å². The van der Waals surface area contributed by atoms with E-state index in [9.17, 15) is 4.79 Å². The van der Waals surface area contributed by atoms with Crippen molar-refractivity contribution in [3.8, 4) is 5.88 Å². The second-order valence-electron chi connectivity index (χ2n) is 3.57. The van der Waals surface area contributed by atoms with Gasteiger partial charge in [-0.25, -0.2) is 9.89 Å². The lowest BCUT2D eigenvalue weighted by molar-refractivity contribution is 0.298. The van der Waals surface area contributed by atoms with E-state index in [-0.39, 0.29) is 5.69 Å². The van der Waals surface area contributed by atoms with Crippen LogP contribution in [0.1, 0.15) is 13.3 Å². The van der Waals surface area contributed by atoms with Crippen LogP contribution in [0.4, 0.5) is 0 Å². The lowest BCUT2D eigenvalue weighted by Gasteiger charge is -2.05. The zero-order valence-corrected chi connectivity index (χ0v) is 9.64. The van der Waals surface area contributed by atoms with Gasteiger partial charge in [-0.2, -0.15) is 9.61 Å². The van der Waals surface area contributed by atoms with Crippen molar-refractivity contribution in [1.82, 2.24) is 25.1 Å². The number of nitrogens with zero attached hydrogens (tertiary/aromatic N) is 3. The van der Waals surface area contributed by atoms with Gasteiger partial charge < -0.3 is 10.1 Å².